The number of piperidine rings is 1. The SMILES string of the molecule is CCCCCCNC(=O)N1CCCC(c2ccncn2)C1. The molecule has 1 aliphatic rings. The highest BCUT2D eigenvalue weighted by atomic mass is 16.2. The van der Waals surface area contributed by atoms with Crippen molar-refractivity contribution in [3.8, 4) is 0 Å². The molecule has 2 amide bonds. The van der Waals surface area contributed by atoms with Crippen LogP contribution in [-0.2, 0) is 0 Å². The maximum Gasteiger partial charge on any atom is 0.317 e. The summed E-state index contributed by atoms with van der Waals surface area (Å²) in [5.41, 5.74) is 1.05. The maximum atomic E-state index is 12.2. The van der Waals surface area contributed by atoms with Gasteiger partial charge in [0.1, 0.15) is 6.33 Å². The van der Waals surface area contributed by atoms with Crippen molar-refractivity contribution in [3.63, 3.8) is 0 Å². The van der Waals surface area contributed by atoms with Crippen LogP contribution in [-0.4, -0.2) is 40.5 Å². The zero-order valence-electron chi connectivity index (χ0n) is 12.9. The fraction of sp³-hybridized carbons (Fsp3) is 0.688. The number of urea groups is 1. The van der Waals surface area contributed by atoms with Crippen LogP contribution in [0.3, 0.4) is 0 Å². The van der Waals surface area contributed by atoms with Crippen LogP contribution in [0.2, 0.25) is 0 Å². The largest absolute Gasteiger partial charge is 0.338 e. The number of nitrogens with zero attached hydrogens (tertiary/aromatic N) is 3. The third-order valence-corrected chi connectivity index (χ3v) is 4.04. The van der Waals surface area contributed by atoms with Gasteiger partial charge in [-0.15, -0.1) is 0 Å². The molecule has 0 aromatic carbocycles. The Hall–Kier alpha value is -1.65. The molecule has 0 saturated carbocycles. The number of likely N-dealkylation sites (tertiary alicyclic amines) is 1. The number of carbonyl (C=O) groups is 1. The number of hydrogen-bond donors (Lipinski definition) is 1. The Morgan fingerprint density at radius 2 is 2.33 bits per heavy atom. The molecule has 1 saturated heterocycles. The van der Waals surface area contributed by atoms with Crippen LogP contribution in [0.15, 0.2) is 18.6 Å². The lowest BCUT2D eigenvalue weighted by molar-refractivity contribution is 0.179. The van der Waals surface area contributed by atoms with Gasteiger partial charge in [0.25, 0.3) is 0 Å². The van der Waals surface area contributed by atoms with Crippen LogP contribution in [0.5, 0.6) is 0 Å². The topological polar surface area (TPSA) is 58.1 Å². The number of amides is 2. The van der Waals surface area contributed by atoms with E-state index < -0.39 is 0 Å². The van der Waals surface area contributed by atoms with E-state index >= 15 is 0 Å². The van der Waals surface area contributed by atoms with Crippen LogP contribution in [0.1, 0.15) is 57.1 Å². The van der Waals surface area contributed by atoms with Gasteiger partial charge >= 0.3 is 6.03 Å². The maximum absolute atomic E-state index is 12.2. The minimum Gasteiger partial charge on any atom is -0.338 e. The average molecular weight is 290 g/mol. The lowest BCUT2D eigenvalue weighted by atomic mass is 9.95. The fourth-order valence-electron chi connectivity index (χ4n) is 2.80. The van der Waals surface area contributed by atoms with E-state index in [1.165, 1.54) is 19.3 Å². The predicted molar refractivity (Wildman–Crippen MR) is 83.1 cm³/mol. The normalized spacial score (nSPS) is 18.5. The summed E-state index contributed by atoms with van der Waals surface area (Å²) in [5, 5.41) is 3.04. The summed E-state index contributed by atoms with van der Waals surface area (Å²) in [7, 11) is 0. The molecule has 1 aliphatic heterocycles. The number of hydrogen-bond acceptors (Lipinski definition) is 3. The van der Waals surface area contributed by atoms with E-state index in [0.717, 1.165) is 44.6 Å². The molecule has 0 radical (unpaired) electrons. The predicted octanol–water partition coefficient (Wildman–Crippen LogP) is 2.95. The smallest absolute Gasteiger partial charge is 0.317 e. The molecule has 5 heteroatoms. The Labute approximate surface area is 127 Å². The van der Waals surface area contributed by atoms with E-state index in [2.05, 4.69) is 22.2 Å². The van der Waals surface area contributed by atoms with E-state index in [1.54, 1.807) is 12.5 Å². The lowest BCUT2D eigenvalue weighted by Gasteiger charge is -2.32. The Kier molecular flexibility index (Phi) is 6.44. The summed E-state index contributed by atoms with van der Waals surface area (Å²) in [6, 6.07) is 2.03. The Balaban J connectivity index is 1.76. The Morgan fingerprint density at radius 3 is 3.10 bits per heavy atom. The molecule has 1 unspecified atom stereocenters. The quantitative estimate of drug-likeness (QED) is 0.819. The molecule has 1 N–H and O–H groups in total. The molecule has 2 rings (SSSR count). The van der Waals surface area contributed by atoms with Gasteiger partial charge in [-0.05, 0) is 25.3 Å². The number of carbonyl (C=O) groups excluding carboxylic acids is 1. The van der Waals surface area contributed by atoms with E-state index in [-0.39, 0.29) is 6.03 Å². The zero-order valence-corrected chi connectivity index (χ0v) is 12.9. The van der Waals surface area contributed by atoms with Gasteiger partial charge in [-0.25, -0.2) is 14.8 Å². The monoisotopic (exact) mass is 290 g/mol. The molecule has 1 aromatic rings. The number of rotatable bonds is 6. The van der Waals surface area contributed by atoms with Crippen LogP contribution in [0.4, 0.5) is 4.79 Å². The summed E-state index contributed by atoms with van der Waals surface area (Å²) < 4.78 is 0. The van der Waals surface area contributed by atoms with Crippen molar-refractivity contribution < 1.29 is 4.79 Å². The second kappa shape index (κ2) is 8.60. The molecule has 116 valence electrons. The third kappa shape index (κ3) is 4.99. The third-order valence-electron chi connectivity index (χ3n) is 4.04. The van der Waals surface area contributed by atoms with Crippen molar-refractivity contribution in [2.75, 3.05) is 19.6 Å². The molecule has 0 bridgehead atoms. The van der Waals surface area contributed by atoms with Crippen LogP contribution in [0, 0.1) is 0 Å². The first-order valence-electron chi connectivity index (χ1n) is 8.10. The van der Waals surface area contributed by atoms with Gasteiger partial charge in [0.2, 0.25) is 0 Å². The van der Waals surface area contributed by atoms with Crippen LogP contribution < -0.4 is 5.32 Å². The van der Waals surface area contributed by atoms with Gasteiger partial charge in [0.15, 0.2) is 0 Å². The molecule has 0 spiro atoms. The second-order valence-electron chi connectivity index (χ2n) is 5.71. The van der Waals surface area contributed by atoms with E-state index in [0.29, 0.717) is 5.92 Å². The first kappa shape index (κ1) is 15.7. The summed E-state index contributed by atoms with van der Waals surface area (Å²) in [5.74, 6) is 0.340. The van der Waals surface area contributed by atoms with Crippen molar-refractivity contribution in [1.82, 2.24) is 20.2 Å². The molecular weight excluding hydrogens is 264 g/mol. The summed E-state index contributed by atoms with van der Waals surface area (Å²) in [4.78, 5) is 22.4. The van der Waals surface area contributed by atoms with Gasteiger partial charge in [-0.2, -0.15) is 0 Å². The first-order chi connectivity index (χ1) is 10.3. The number of nitrogens with one attached hydrogen (secondary N) is 1. The minimum atomic E-state index is 0.0743. The average Bonchev–Trinajstić information content (AvgIpc) is 2.55. The Bertz CT molecular complexity index is 424. The molecule has 21 heavy (non-hydrogen) atoms. The summed E-state index contributed by atoms with van der Waals surface area (Å²) in [6.07, 6.45) is 10.2. The molecule has 1 atom stereocenters. The zero-order chi connectivity index (χ0) is 14.9. The molecule has 1 aromatic heterocycles. The van der Waals surface area contributed by atoms with E-state index in [1.807, 2.05) is 11.0 Å². The minimum absolute atomic E-state index is 0.0743. The Morgan fingerprint density at radius 1 is 1.43 bits per heavy atom. The molecule has 5 nitrogen and oxygen atoms in total. The standard InChI is InChI=1S/C16H26N4O/c1-2-3-4-5-9-18-16(21)20-11-6-7-14(12-20)15-8-10-17-13-19-15/h8,10,13-14H,2-7,9,11-12H2,1H3,(H,18,21). The number of unbranched alkanes of at least 4 members (excludes halogenated alkanes) is 3. The van der Waals surface area contributed by atoms with Gasteiger partial charge in [-0.3, -0.25) is 0 Å². The van der Waals surface area contributed by atoms with Crippen molar-refractivity contribution in [2.45, 2.75) is 51.4 Å². The van der Waals surface area contributed by atoms with Crippen molar-refractivity contribution in [1.29, 1.82) is 0 Å². The van der Waals surface area contributed by atoms with Crippen LogP contribution in [0.25, 0.3) is 0 Å². The molecular formula is C16H26N4O. The molecule has 2 heterocycles. The highest BCUT2D eigenvalue weighted by Crippen LogP contribution is 2.24. The van der Waals surface area contributed by atoms with Crippen molar-refractivity contribution in [2.24, 2.45) is 0 Å². The van der Waals surface area contributed by atoms with Crippen molar-refractivity contribution in [3.05, 3.63) is 24.3 Å². The molecule has 0 aliphatic carbocycles. The van der Waals surface area contributed by atoms with Gasteiger partial charge < -0.3 is 10.2 Å². The van der Waals surface area contributed by atoms with E-state index in [4.69, 9.17) is 0 Å². The highest BCUT2D eigenvalue weighted by molar-refractivity contribution is 5.74. The number of aromatic nitrogens is 2. The molecule has 1 fully saturated rings. The second-order valence-corrected chi connectivity index (χ2v) is 5.71. The summed E-state index contributed by atoms with van der Waals surface area (Å²) in [6.45, 7) is 4.59. The lowest BCUT2D eigenvalue weighted by Crippen LogP contribution is -2.45. The summed E-state index contributed by atoms with van der Waals surface area (Å²) >= 11 is 0. The first-order valence-corrected chi connectivity index (χ1v) is 8.10. The van der Waals surface area contributed by atoms with Gasteiger partial charge in [0.05, 0.1) is 0 Å². The van der Waals surface area contributed by atoms with Gasteiger partial charge in [-0.1, -0.05) is 26.2 Å². The van der Waals surface area contributed by atoms with Gasteiger partial charge in [0, 0.05) is 37.4 Å². The van der Waals surface area contributed by atoms with E-state index in [9.17, 15) is 4.79 Å². The van der Waals surface area contributed by atoms with Crippen molar-refractivity contribution >= 4 is 6.03 Å². The highest BCUT2D eigenvalue weighted by Gasteiger charge is 2.25. The van der Waals surface area contributed by atoms with Crippen LogP contribution >= 0.6 is 0 Å². The fourth-order valence-corrected chi connectivity index (χ4v) is 2.80.